The first-order chi connectivity index (χ1) is 11.7. The topological polar surface area (TPSA) is 67.0 Å². The number of fused-ring (bicyclic) bond motifs is 2. The van der Waals surface area contributed by atoms with Gasteiger partial charge in [-0.3, -0.25) is 5.10 Å². The first-order valence-corrected chi connectivity index (χ1v) is 7.94. The standard InChI is InChI=1S/C19H15N3O2/c1-10-15-16(13-8-4-6-11-5-2-3-7-12(11)13)17-14(9-24-19(17)23)20-18(15)22-21-10/h2-8,16H,9H2,1H3,(H2,20,21,22). The lowest BCUT2D eigenvalue weighted by molar-refractivity contribution is -0.136. The number of carbonyl (C=O) groups is 1. The van der Waals surface area contributed by atoms with Crippen LogP contribution in [0.4, 0.5) is 5.82 Å². The average Bonchev–Trinajstić information content (AvgIpc) is 3.16. The van der Waals surface area contributed by atoms with Gasteiger partial charge in [-0.15, -0.1) is 0 Å². The Balaban J connectivity index is 1.84. The zero-order chi connectivity index (χ0) is 16.3. The summed E-state index contributed by atoms with van der Waals surface area (Å²) in [5.74, 6) is 0.361. The number of aromatic nitrogens is 2. The molecule has 2 aliphatic heterocycles. The molecule has 118 valence electrons. The number of ether oxygens (including phenoxy) is 1. The zero-order valence-corrected chi connectivity index (χ0v) is 13.1. The van der Waals surface area contributed by atoms with Gasteiger partial charge in [-0.2, -0.15) is 5.10 Å². The van der Waals surface area contributed by atoms with Crippen molar-refractivity contribution >= 4 is 22.6 Å². The van der Waals surface area contributed by atoms with Crippen LogP contribution in [0.2, 0.25) is 0 Å². The molecule has 5 nitrogen and oxygen atoms in total. The Hall–Kier alpha value is -3.08. The number of esters is 1. The first kappa shape index (κ1) is 13.4. The fourth-order valence-electron chi connectivity index (χ4n) is 3.80. The predicted octanol–water partition coefficient (Wildman–Crippen LogP) is 3.24. The maximum atomic E-state index is 12.4. The summed E-state index contributed by atoms with van der Waals surface area (Å²) in [6.07, 6.45) is 0. The molecule has 24 heavy (non-hydrogen) atoms. The summed E-state index contributed by atoms with van der Waals surface area (Å²) < 4.78 is 5.29. The fraction of sp³-hybridized carbons (Fsp3) is 0.158. The van der Waals surface area contributed by atoms with Gasteiger partial charge >= 0.3 is 5.97 Å². The van der Waals surface area contributed by atoms with Crippen LogP contribution in [0.25, 0.3) is 10.8 Å². The van der Waals surface area contributed by atoms with E-state index in [1.165, 1.54) is 0 Å². The molecule has 0 radical (unpaired) electrons. The van der Waals surface area contributed by atoms with Gasteiger partial charge in [0.15, 0.2) is 5.82 Å². The number of nitrogens with one attached hydrogen (secondary N) is 2. The summed E-state index contributed by atoms with van der Waals surface area (Å²) in [7, 11) is 0. The van der Waals surface area contributed by atoms with E-state index >= 15 is 0 Å². The monoisotopic (exact) mass is 317 g/mol. The molecule has 0 aliphatic carbocycles. The third-order valence-corrected chi connectivity index (χ3v) is 4.87. The van der Waals surface area contributed by atoms with Crippen LogP contribution >= 0.6 is 0 Å². The van der Waals surface area contributed by atoms with Crippen LogP contribution in [0.1, 0.15) is 22.7 Å². The second-order valence-electron chi connectivity index (χ2n) is 6.21. The molecular formula is C19H15N3O2. The van der Waals surface area contributed by atoms with E-state index in [2.05, 4.69) is 39.8 Å². The number of H-pyrrole nitrogens is 1. The molecule has 1 aromatic heterocycles. The van der Waals surface area contributed by atoms with Gasteiger partial charge in [0, 0.05) is 17.2 Å². The van der Waals surface area contributed by atoms with Crippen LogP contribution in [-0.4, -0.2) is 22.8 Å². The van der Waals surface area contributed by atoms with Crippen molar-refractivity contribution in [2.45, 2.75) is 12.8 Å². The first-order valence-electron chi connectivity index (χ1n) is 7.94. The van der Waals surface area contributed by atoms with Crippen molar-refractivity contribution in [1.82, 2.24) is 10.2 Å². The molecule has 3 heterocycles. The summed E-state index contributed by atoms with van der Waals surface area (Å²) in [5.41, 5.74) is 4.60. The lowest BCUT2D eigenvalue weighted by Gasteiger charge is -2.25. The van der Waals surface area contributed by atoms with Crippen molar-refractivity contribution in [3.8, 4) is 0 Å². The summed E-state index contributed by atoms with van der Waals surface area (Å²) in [5, 5.41) is 13.0. The average molecular weight is 317 g/mol. The molecule has 0 amide bonds. The number of aromatic amines is 1. The van der Waals surface area contributed by atoms with Crippen molar-refractivity contribution in [3.63, 3.8) is 0 Å². The number of carbonyl (C=O) groups excluding carboxylic acids is 1. The Kier molecular flexibility index (Phi) is 2.62. The van der Waals surface area contributed by atoms with Gasteiger partial charge in [0.2, 0.25) is 0 Å². The fourth-order valence-corrected chi connectivity index (χ4v) is 3.80. The number of benzene rings is 2. The van der Waals surface area contributed by atoms with Crippen LogP contribution in [0.3, 0.4) is 0 Å². The highest BCUT2D eigenvalue weighted by molar-refractivity contribution is 5.99. The smallest absolute Gasteiger partial charge is 0.337 e. The van der Waals surface area contributed by atoms with E-state index in [1.54, 1.807) is 0 Å². The number of anilines is 1. The van der Waals surface area contributed by atoms with Gasteiger partial charge < -0.3 is 10.1 Å². The highest BCUT2D eigenvalue weighted by Gasteiger charge is 2.40. The van der Waals surface area contributed by atoms with Crippen LogP contribution in [-0.2, 0) is 9.53 Å². The number of rotatable bonds is 1. The van der Waals surface area contributed by atoms with Gasteiger partial charge in [-0.1, -0.05) is 42.5 Å². The minimum Gasteiger partial charge on any atom is -0.456 e. The number of nitrogens with zero attached hydrogens (tertiary/aromatic N) is 1. The van der Waals surface area contributed by atoms with Crippen molar-refractivity contribution in [3.05, 3.63) is 70.6 Å². The van der Waals surface area contributed by atoms with Gasteiger partial charge in [-0.05, 0) is 23.3 Å². The molecule has 5 rings (SSSR count). The zero-order valence-electron chi connectivity index (χ0n) is 13.1. The predicted molar refractivity (Wildman–Crippen MR) is 90.7 cm³/mol. The Bertz CT molecular complexity index is 1030. The number of cyclic esters (lactones) is 1. The van der Waals surface area contributed by atoms with Crippen LogP contribution < -0.4 is 5.32 Å². The summed E-state index contributed by atoms with van der Waals surface area (Å²) >= 11 is 0. The van der Waals surface area contributed by atoms with Gasteiger partial charge in [-0.25, -0.2) is 4.79 Å². The highest BCUT2D eigenvalue weighted by Crippen LogP contribution is 2.46. The highest BCUT2D eigenvalue weighted by atomic mass is 16.5. The third kappa shape index (κ3) is 1.69. The Morgan fingerprint density at radius 2 is 2.00 bits per heavy atom. The molecule has 1 atom stereocenters. The molecule has 1 unspecified atom stereocenters. The molecule has 0 saturated heterocycles. The van der Waals surface area contributed by atoms with Crippen LogP contribution in [0, 0.1) is 6.92 Å². The lowest BCUT2D eigenvalue weighted by atomic mass is 9.80. The van der Waals surface area contributed by atoms with Crippen molar-refractivity contribution in [2.24, 2.45) is 0 Å². The van der Waals surface area contributed by atoms with Crippen molar-refractivity contribution < 1.29 is 9.53 Å². The molecular weight excluding hydrogens is 302 g/mol. The maximum Gasteiger partial charge on any atom is 0.337 e. The van der Waals surface area contributed by atoms with Crippen LogP contribution in [0.15, 0.2) is 53.7 Å². The van der Waals surface area contributed by atoms with E-state index in [-0.39, 0.29) is 18.5 Å². The third-order valence-electron chi connectivity index (χ3n) is 4.87. The van der Waals surface area contributed by atoms with Gasteiger partial charge in [0.1, 0.15) is 6.61 Å². The van der Waals surface area contributed by atoms with E-state index < -0.39 is 0 Å². The number of aryl methyl sites for hydroxylation is 1. The van der Waals surface area contributed by atoms with Crippen molar-refractivity contribution in [2.75, 3.05) is 11.9 Å². The summed E-state index contributed by atoms with van der Waals surface area (Å²) in [6.45, 7) is 2.26. The number of hydrogen-bond donors (Lipinski definition) is 2. The quantitative estimate of drug-likeness (QED) is 0.676. The van der Waals surface area contributed by atoms with Gasteiger partial charge in [0.25, 0.3) is 0 Å². The normalized spacial score (nSPS) is 19.0. The molecule has 2 aliphatic rings. The minimum absolute atomic E-state index is 0.170. The molecule has 0 saturated carbocycles. The van der Waals surface area contributed by atoms with E-state index in [0.29, 0.717) is 5.57 Å². The lowest BCUT2D eigenvalue weighted by Crippen LogP contribution is -2.20. The minimum atomic E-state index is -0.248. The van der Waals surface area contributed by atoms with E-state index in [1.807, 2.05) is 25.1 Å². The SMILES string of the molecule is Cc1[nH]nc2c1C(c1cccc3ccccc13)C1=C(COC1=O)N2. The summed E-state index contributed by atoms with van der Waals surface area (Å²) in [6, 6.07) is 14.5. The van der Waals surface area contributed by atoms with Crippen LogP contribution in [0.5, 0.6) is 0 Å². The Labute approximate surface area is 138 Å². The number of hydrogen-bond acceptors (Lipinski definition) is 4. The van der Waals surface area contributed by atoms with E-state index in [4.69, 9.17) is 4.74 Å². The van der Waals surface area contributed by atoms with E-state index in [0.717, 1.165) is 39.1 Å². The molecule has 5 heteroatoms. The maximum absolute atomic E-state index is 12.4. The second kappa shape index (κ2) is 4.71. The second-order valence-corrected chi connectivity index (χ2v) is 6.21. The molecule has 0 fully saturated rings. The Morgan fingerprint density at radius 3 is 2.92 bits per heavy atom. The summed E-state index contributed by atoms with van der Waals surface area (Å²) in [4.78, 5) is 12.4. The Morgan fingerprint density at radius 1 is 1.17 bits per heavy atom. The van der Waals surface area contributed by atoms with Crippen molar-refractivity contribution in [1.29, 1.82) is 0 Å². The van der Waals surface area contributed by atoms with Gasteiger partial charge in [0.05, 0.1) is 11.3 Å². The molecule has 2 N–H and O–H groups in total. The molecule has 0 spiro atoms. The van der Waals surface area contributed by atoms with E-state index in [9.17, 15) is 4.79 Å². The molecule has 3 aromatic rings. The largest absolute Gasteiger partial charge is 0.456 e. The molecule has 2 aromatic carbocycles. The molecule has 0 bridgehead atoms.